The fourth-order valence-corrected chi connectivity index (χ4v) is 2.00. The standard InChI is InChI=1S/C15H23N3O5/c1-21-11-8-10(9-12(22-2)14(11)23-3)15(20)17-7-5-4-6-13(19)18-16/h8-9H,4-7,16H2,1-3H3,(H,17,20)(H,18,19). The van der Waals surface area contributed by atoms with Crippen molar-refractivity contribution in [3.05, 3.63) is 17.7 Å². The first-order chi connectivity index (χ1) is 11.1. The molecule has 23 heavy (non-hydrogen) atoms. The smallest absolute Gasteiger partial charge is 0.251 e. The Morgan fingerprint density at radius 2 is 1.65 bits per heavy atom. The summed E-state index contributed by atoms with van der Waals surface area (Å²) in [6.07, 6.45) is 1.64. The van der Waals surface area contributed by atoms with Crippen molar-refractivity contribution in [2.45, 2.75) is 19.3 Å². The van der Waals surface area contributed by atoms with E-state index < -0.39 is 0 Å². The molecule has 8 heteroatoms. The first-order valence-corrected chi connectivity index (χ1v) is 7.15. The third-order valence-corrected chi connectivity index (χ3v) is 3.20. The Bertz CT molecular complexity index is 523. The van der Waals surface area contributed by atoms with E-state index in [4.69, 9.17) is 20.1 Å². The van der Waals surface area contributed by atoms with E-state index in [2.05, 4.69) is 10.7 Å². The zero-order valence-electron chi connectivity index (χ0n) is 13.6. The van der Waals surface area contributed by atoms with Crippen molar-refractivity contribution in [2.24, 2.45) is 5.84 Å². The number of nitrogens with one attached hydrogen (secondary N) is 2. The van der Waals surface area contributed by atoms with Crippen LogP contribution in [0.3, 0.4) is 0 Å². The lowest BCUT2D eigenvalue weighted by Gasteiger charge is -2.14. The van der Waals surface area contributed by atoms with Crippen molar-refractivity contribution in [3.8, 4) is 17.2 Å². The maximum Gasteiger partial charge on any atom is 0.251 e. The molecule has 0 saturated heterocycles. The number of rotatable bonds is 9. The third-order valence-electron chi connectivity index (χ3n) is 3.20. The number of unbranched alkanes of at least 4 members (excludes halogenated alkanes) is 1. The van der Waals surface area contributed by atoms with Gasteiger partial charge in [-0.3, -0.25) is 15.0 Å². The van der Waals surface area contributed by atoms with E-state index in [0.29, 0.717) is 48.6 Å². The van der Waals surface area contributed by atoms with Crippen molar-refractivity contribution in [1.82, 2.24) is 10.7 Å². The summed E-state index contributed by atoms with van der Waals surface area (Å²) in [6.45, 7) is 0.452. The Kier molecular flexibility index (Phi) is 7.69. The molecule has 2 amide bonds. The van der Waals surface area contributed by atoms with E-state index >= 15 is 0 Å². The molecular weight excluding hydrogens is 302 g/mol. The highest BCUT2D eigenvalue weighted by Gasteiger charge is 2.16. The molecule has 0 unspecified atom stereocenters. The second-order valence-corrected chi connectivity index (χ2v) is 4.69. The summed E-state index contributed by atoms with van der Waals surface area (Å²) < 4.78 is 15.6. The van der Waals surface area contributed by atoms with Gasteiger partial charge >= 0.3 is 0 Å². The van der Waals surface area contributed by atoms with Gasteiger partial charge in [0, 0.05) is 18.5 Å². The largest absolute Gasteiger partial charge is 0.493 e. The van der Waals surface area contributed by atoms with Gasteiger partial charge in [0.05, 0.1) is 21.3 Å². The number of nitrogens with two attached hydrogens (primary N) is 1. The van der Waals surface area contributed by atoms with Crippen LogP contribution in [0.25, 0.3) is 0 Å². The van der Waals surface area contributed by atoms with Crippen LogP contribution >= 0.6 is 0 Å². The topological polar surface area (TPSA) is 112 Å². The highest BCUT2D eigenvalue weighted by Crippen LogP contribution is 2.38. The van der Waals surface area contributed by atoms with E-state index in [0.717, 1.165) is 0 Å². The van der Waals surface area contributed by atoms with Crippen LogP contribution in [-0.2, 0) is 4.79 Å². The lowest BCUT2D eigenvalue weighted by Crippen LogP contribution is -2.30. The fraction of sp³-hybridized carbons (Fsp3) is 0.467. The fourth-order valence-electron chi connectivity index (χ4n) is 2.00. The van der Waals surface area contributed by atoms with Crippen LogP contribution in [-0.4, -0.2) is 39.7 Å². The number of benzene rings is 1. The van der Waals surface area contributed by atoms with Crippen LogP contribution in [0, 0.1) is 0 Å². The Balaban J connectivity index is 2.64. The highest BCUT2D eigenvalue weighted by atomic mass is 16.5. The number of hydrazine groups is 1. The predicted molar refractivity (Wildman–Crippen MR) is 84.6 cm³/mol. The predicted octanol–water partition coefficient (Wildman–Crippen LogP) is 0.602. The number of carbonyl (C=O) groups excluding carboxylic acids is 2. The summed E-state index contributed by atoms with van der Waals surface area (Å²) in [6, 6.07) is 3.16. The number of methoxy groups -OCH3 is 3. The van der Waals surface area contributed by atoms with E-state index in [-0.39, 0.29) is 11.8 Å². The third kappa shape index (κ3) is 5.33. The van der Waals surface area contributed by atoms with Crippen LogP contribution in [0.4, 0.5) is 0 Å². The van der Waals surface area contributed by atoms with E-state index in [9.17, 15) is 9.59 Å². The van der Waals surface area contributed by atoms with Crippen molar-refractivity contribution in [3.63, 3.8) is 0 Å². The average Bonchev–Trinajstić information content (AvgIpc) is 2.59. The zero-order chi connectivity index (χ0) is 17.2. The Morgan fingerprint density at radius 1 is 1.04 bits per heavy atom. The number of hydrogen-bond acceptors (Lipinski definition) is 6. The molecule has 0 aromatic heterocycles. The van der Waals surface area contributed by atoms with Gasteiger partial charge in [-0.25, -0.2) is 5.84 Å². The SMILES string of the molecule is COc1cc(C(=O)NCCCCC(=O)NN)cc(OC)c1OC. The van der Waals surface area contributed by atoms with Gasteiger partial charge in [-0.15, -0.1) is 0 Å². The van der Waals surface area contributed by atoms with Gasteiger partial charge in [-0.1, -0.05) is 0 Å². The molecule has 0 aliphatic carbocycles. The number of ether oxygens (including phenoxy) is 3. The molecule has 0 radical (unpaired) electrons. The molecule has 0 bridgehead atoms. The Labute approximate surface area is 135 Å². The first-order valence-electron chi connectivity index (χ1n) is 7.15. The minimum Gasteiger partial charge on any atom is -0.493 e. The van der Waals surface area contributed by atoms with Crippen LogP contribution in [0.15, 0.2) is 12.1 Å². The zero-order valence-corrected chi connectivity index (χ0v) is 13.6. The molecule has 0 aliphatic heterocycles. The van der Waals surface area contributed by atoms with Gasteiger partial charge in [0.15, 0.2) is 11.5 Å². The molecule has 0 spiro atoms. The summed E-state index contributed by atoms with van der Waals surface area (Å²) in [5.74, 6) is 5.76. The first kappa shape index (κ1) is 18.6. The molecule has 0 fully saturated rings. The molecule has 1 rings (SSSR count). The summed E-state index contributed by atoms with van der Waals surface area (Å²) in [7, 11) is 4.47. The van der Waals surface area contributed by atoms with Crippen LogP contribution in [0.1, 0.15) is 29.6 Å². The molecule has 4 N–H and O–H groups in total. The van der Waals surface area contributed by atoms with E-state index in [1.54, 1.807) is 12.1 Å². The maximum atomic E-state index is 12.2. The van der Waals surface area contributed by atoms with Crippen molar-refractivity contribution in [2.75, 3.05) is 27.9 Å². The molecule has 0 heterocycles. The highest BCUT2D eigenvalue weighted by molar-refractivity contribution is 5.95. The second-order valence-electron chi connectivity index (χ2n) is 4.69. The van der Waals surface area contributed by atoms with Gasteiger partial charge in [0.2, 0.25) is 11.7 Å². The van der Waals surface area contributed by atoms with Gasteiger partial charge in [0.1, 0.15) is 0 Å². The molecular formula is C15H23N3O5. The number of carbonyl (C=O) groups is 2. The lowest BCUT2D eigenvalue weighted by molar-refractivity contribution is -0.121. The number of hydrogen-bond donors (Lipinski definition) is 3. The van der Waals surface area contributed by atoms with Gasteiger partial charge in [0.25, 0.3) is 5.91 Å². The summed E-state index contributed by atoms with van der Waals surface area (Å²) >= 11 is 0. The summed E-state index contributed by atoms with van der Waals surface area (Å²) in [5, 5.41) is 2.78. The van der Waals surface area contributed by atoms with Gasteiger partial charge < -0.3 is 19.5 Å². The van der Waals surface area contributed by atoms with Crippen LogP contribution in [0.2, 0.25) is 0 Å². The lowest BCUT2D eigenvalue weighted by atomic mass is 10.1. The van der Waals surface area contributed by atoms with Gasteiger partial charge in [-0.05, 0) is 25.0 Å². The molecule has 0 saturated carbocycles. The van der Waals surface area contributed by atoms with E-state index in [1.807, 2.05) is 0 Å². The van der Waals surface area contributed by atoms with Crippen molar-refractivity contribution >= 4 is 11.8 Å². The maximum absolute atomic E-state index is 12.2. The quantitative estimate of drug-likeness (QED) is 0.265. The Morgan fingerprint density at radius 3 is 2.13 bits per heavy atom. The van der Waals surface area contributed by atoms with Crippen molar-refractivity contribution in [1.29, 1.82) is 0 Å². The molecule has 8 nitrogen and oxygen atoms in total. The molecule has 0 aliphatic rings. The second kappa shape index (κ2) is 9.52. The van der Waals surface area contributed by atoms with Crippen LogP contribution in [0.5, 0.6) is 17.2 Å². The van der Waals surface area contributed by atoms with Gasteiger partial charge in [-0.2, -0.15) is 0 Å². The normalized spacial score (nSPS) is 9.91. The minimum absolute atomic E-state index is 0.221. The van der Waals surface area contributed by atoms with Crippen molar-refractivity contribution < 1.29 is 23.8 Å². The van der Waals surface area contributed by atoms with Crippen LogP contribution < -0.4 is 30.8 Å². The summed E-state index contributed by atoms with van der Waals surface area (Å²) in [4.78, 5) is 23.1. The molecule has 1 aromatic rings. The van der Waals surface area contributed by atoms with E-state index in [1.165, 1.54) is 21.3 Å². The molecule has 128 valence electrons. The number of amides is 2. The molecule has 1 aromatic carbocycles. The monoisotopic (exact) mass is 325 g/mol. The minimum atomic E-state index is -0.257. The molecule has 0 atom stereocenters. The summed E-state index contributed by atoms with van der Waals surface area (Å²) in [5.41, 5.74) is 2.46. The Hall–Kier alpha value is -2.48. The average molecular weight is 325 g/mol.